The Morgan fingerprint density at radius 1 is 1.38 bits per heavy atom. The van der Waals surface area contributed by atoms with Crippen molar-refractivity contribution >= 4 is 0 Å². The fourth-order valence-electron chi connectivity index (χ4n) is 1.54. The summed E-state index contributed by atoms with van der Waals surface area (Å²) in [5.41, 5.74) is 3.76. The Kier molecular flexibility index (Phi) is 3.35. The lowest BCUT2D eigenvalue weighted by atomic mass is 10.1. The molecule has 0 fully saturated rings. The van der Waals surface area contributed by atoms with E-state index in [1.165, 1.54) is 24.0 Å². The monoisotopic (exact) mass is 177 g/mol. The average molecular weight is 177 g/mol. The molecular weight excluding hydrogens is 158 g/mol. The standard InChI is InChI=1S/C12H19N/c1-5-6-7-13-9-10(2)8-11(3)12(13)4/h8-9H,4-7H2,1-3H3. The maximum atomic E-state index is 4.08. The van der Waals surface area contributed by atoms with Crippen molar-refractivity contribution in [3.63, 3.8) is 0 Å². The minimum atomic E-state index is 1.10. The van der Waals surface area contributed by atoms with Gasteiger partial charge in [0.25, 0.3) is 0 Å². The highest BCUT2D eigenvalue weighted by atomic mass is 15.1. The summed E-state index contributed by atoms with van der Waals surface area (Å²) in [7, 11) is 0. The van der Waals surface area contributed by atoms with Gasteiger partial charge in [0.05, 0.1) is 0 Å². The predicted octanol–water partition coefficient (Wildman–Crippen LogP) is 3.47. The molecule has 0 bridgehead atoms. The Morgan fingerprint density at radius 2 is 2.08 bits per heavy atom. The molecule has 0 saturated heterocycles. The van der Waals surface area contributed by atoms with E-state index in [0.717, 1.165) is 12.2 Å². The molecule has 0 saturated carbocycles. The first-order valence-corrected chi connectivity index (χ1v) is 4.97. The average Bonchev–Trinajstić information content (AvgIpc) is 2.09. The molecule has 1 nitrogen and oxygen atoms in total. The molecule has 1 rings (SSSR count). The Morgan fingerprint density at radius 3 is 2.69 bits per heavy atom. The highest BCUT2D eigenvalue weighted by molar-refractivity contribution is 5.38. The highest BCUT2D eigenvalue weighted by Crippen LogP contribution is 2.22. The van der Waals surface area contributed by atoms with Gasteiger partial charge in [0, 0.05) is 18.4 Å². The Labute approximate surface area is 81.4 Å². The van der Waals surface area contributed by atoms with Gasteiger partial charge in [-0.3, -0.25) is 0 Å². The van der Waals surface area contributed by atoms with Crippen molar-refractivity contribution in [3.8, 4) is 0 Å². The first kappa shape index (κ1) is 10.1. The maximum absolute atomic E-state index is 4.08. The van der Waals surface area contributed by atoms with Gasteiger partial charge in [-0.05, 0) is 31.4 Å². The minimum Gasteiger partial charge on any atom is -0.348 e. The summed E-state index contributed by atoms with van der Waals surface area (Å²) >= 11 is 0. The van der Waals surface area contributed by atoms with E-state index in [0.29, 0.717) is 0 Å². The van der Waals surface area contributed by atoms with Gasteiger partial charge in [0.2, 0.25) is 0 Å². The van der Waals surface area contributed by atoms with E-state index in [1.807, 2.05) is 0 Å². The molecule has 0 atom stereocenters. The van der Waals surface area contributed by atoms with Gasteiger partial charge in [0.1, 0.15) is 0 Å². The van der Waals surface area contributed by atoms with Gasteiger partial charge in [0.15, 0.2) is 0 Å². The summed E-state index contributed by atoms with van der Waals surface area (Å²) in [6, 6.07) is 0. The third-order valence-corrected chi connectivity index (χ3v) is 2.36. The third-order valence-electron chi connectivity index (χ3n) is 2.36. The Hall–Kier alpha value is -0.980. The van der Waals surface area contributed by atoms with Crippen LogP contribution in [-0.2, 0) is 0 Å². The van der Waals surface area contributed by atoms with Crippen molar-refractivity contribution in [3.05, 3.63) is 35.7 Å². The van der Waals surface area contributed by atoms with Crippen LogP contribution in [0.3, 0.4) is 0 Å². The second kappa shape index (κ2) is 4.31. The quantitative estimate of drug-likeness (QED) is 0.638. The van der Waals surface area contributed by atoms with Crippen molar-refractivity contribution in [2.24, 2.45) is 0 Å². The molecule has 1 heteroatoms. The lowest BCUT2D eigenvalue weighted by molar-refractivity contribution is 0.450. The fraction of sp³-hybridized carbons (Fsp3) is 0.500. The molecule has 1 heterocycles. The number of unbranched alkanes of at least 4 members (excludes halogenated alkanes) is 1. The van der Waals surface area contributed by atoms with E-state index >= 15 is 0 Å². The maximum Gasteiger partial charge on any atom is 0.0362 e. The number of hydrogen-bond acceptors (Lipinski definition) is 1. The van der Waals surface area contributed by atoms with Crippen molar-refractivity contribution in [1.29, 1.82) is 0 Å². The molecule has 0 N–H and O–H groups in total. The molecule has 0 aromatic carbocycles. The number of rotatable bonds is 3. The summed E-state index contributed by atoms with van der Waals surface area (Å²) in [6.07, 6.45) is 6.84. The Balaban J connectivity index is 2.66. The summed E-state index contributed by atoms with van der Waals surface area (Å²) in [5.74, 6) is 0. The lowest BCUT2D eigenvalue weighted by Crippen LogP contribution is -2.20. The smallest absolute Gasteiger partial charge is 0.0362 e. The second-order valence-corrected chi connectivity index (χ2v) is 3.69. The van der Waals surface area contributed by atoms with Crippen LogP contribution in [-0.4, -0.2) is 11.4 Å². The number of nitrogens with zero attached hydrogens (tertiary/aromatic N) is 1. The zero-order valence-corrected chi connectivity index (χ0v) is 8.93. The van der Waals surface area contributed by atoms with Gasteiger partial charge in [-0.25, -0.2) is 0 Å². The van der Waals surface area contributed by atoms with Crippen LogP contribution in [0.5, 0.6) is 0 Å². The normalized spacial score (nSPS) is 17.2. The van der Waals surface area contributed by atoms with Crippen LogP contribution in [0.4, 0.5) is 0 Å². The molecule has 13 heavy (non-hydrogen) atoms. The summed E-state index contributed by atoms with van der Waals surface area (Å²) in [5, 5.41) is 0. The van der Waals surface area contributed by atoms with Gasteiger partial charge in [-0.15, -0.1) is 0 Å². The Bertz CT molecular complexity index is 258. The van der Waals surface area contributed by atoms with Gasteiger partial charge >= 0.3 is 0 Å². The van der Waals surface area contributed by atoms with Crippen LogP contribution < -0.4 is 0 Å². The topological polar surface area (TPSA) is 3.24 Å². The van der Waals surface area contributed by atoms with Crippen LogP contribution in [0.1, 0.15) is 33.6 Å². The highest BCUT2D eigenvalue weighted by Gasteiger charge is 2.10. The predicted molar refractivity (Wildman–Crippen MR) is 58.3 cm³/mol. The molecule has 0 spiro atoms. The van der Waals surface area contributed by atoms with E-state index in [4.69, 9.17) is 0 Å². The second-order valence-electron chi connectivity index (χ2n) is 3.69. The molecule has 0 amide bonds. The SMILES string of the molecule is C=C1C(C)=CC(C)=CN1CCCC. The summed E-state index contributed by atoms with van der Waals surface area (Å²) < 4.78 is 0. The van der Waals surface area contributed by atoms with Crippen LogP contribution in [0.2, 0.25) is 0 Å². The van der Waals surface area contributed by atoms with E-state index in [2.05, 4.69) is 44.5 Å². The van der Waals surface area contributed by atoms with E-state index < -0.39 is 0 Å². The van der Waals surface area contributed by atoms with E-state index in [-0.39, 0.29) is 0 Å². The fourth-order valence-corrected chi connectivity index (χ4v) is 1.54. The zero-order valence-electron chi connectivity index (χ0n) is 8.93. The summed E-state index contributed by atoms with van der Waals surface area (Å²) in [4.78, 5) is 2.26. The first-order chi connectivity index (χ1) is 6.15. The van der Waals surface area contributed by atoms with Crippen LogP contribution in [0.15, 0.2) is 35.7 Å². The van der Waals surface area contributed by atoms with Gasteiger partial charge in [-0.1, -0.05) is 26.0 Å². The van der Waals surface area contributed by atoms with Crippen molar-refractivity contribution in [2.45, 2.75) is 33.6 Å². The van der Waals surface area contributed by atoms with Crippen LogP contribution in [0.25, 0.3) is 0 Å². The minimum absolute atomic E-state index is 1.10. The molecule has 0 aromatic heterocycles. The molecule has 0 aliphatic carbocycles. The number of hydrogen-bond donors (Lipinski definition) is 0. The molecule has 1 aliphatic rings. The zero-order chi connectivity index (χ0) is 9.84. The molecular formula is C12H19N. The van der Waals surface area contributed by atoms with Crippen molar-refractivity contribution in [1.82, 2.24) is 4.90 Å². The lowest BCUT2D eigenvalue weighted by Gasteiger charge is -2.27. The van der Waals surface area contributed by atoms with Gasteiger partial charge in [-0.2, -0.15) is 0 Å². The largest absolute Gasteiger partial charge is 0.348 e. The third kappa shape index (κ3) is 2.48. The molecule has 72 valence electrons. The molecule has 0 radical (unpaired) electrons. The first-order valence-electron chi connectivity index (χ1n) is 4.97. The van der Waals surface area contributed by atoms with Crippen molar-refractivity contribution < 1.29 is 0 Å². The number of allylic oxidation sites excluding steroid dienone is 3. The molecule has 0 unspecified atom stereocenters. The molecule has 0 aromatic rings. The van der Waals surface area contributed by atoms with Crippen LogP contribution in [0, 0.1) is 0 Å². The van der Waals surface area contributed by atoms with E-state index in [9.17, 15) is 0 Å². The van der Waals surface area contributed by atoms with E-state index in [1.54, 1.807) is 0 Å². The van der Waals surface area contributed by atoms with Crippen molar-refractivity contribution in [2.75, 3.05) is 6.54 Å². The summed E-state index contributed by atoms with van der Waals surface area (Å²) in [6.45, 7) is 11.6. The molecule has 1 aliphatic heterocycles. The van der Waals surface area contributed by atoms with Crippen LogP contribution >= 0.6 is 0 Å². The van der Waals surface area contributed by atoms with Gasteiger partial charge < -0.3 is 4.90 Å².